The van der Waals surface area contributed by atoms with Crippen LogP contribution in [0.25, 0.3) is 10.2 Å². The summed E-state index contributed by atoms with van der Waals surface area (Å²) in [5, 5.41) is 5.73. The average Bonchev–Trinajstić information content (AvgIpc) is 3.31. The van der Waals surface area contributed by atoms with E-state index in [1.165, 1.54) is 28.7 Å². The van der Waals surface area contributed by atoms with Crippen LogP contribution in [0.2, 0.25) is 0 Å². The molecule has 1 fully saturated rings. The van der Waals surface area contributed by atoms with Crippen LogP contribution in [0, 0.1) is 0 Å². The molecule has 3 aromatic rings. The van der Waals surface area contributed by atoms with Gasteiger partial charge in [0.2, 0.25) is 0 Å². The number of rotatable bonds is 6. The second-order valence-electron chi connectivity index (χ2n) is 5.93. The van der Waals surface area contributed by atoms with E-state index < -0.39 is 0 Å². The minimum absolute atomic E-state index is 0.609. The lowest BCUT2D eigenvalue weighted by Crippen LogP contribution is -2.03. The molecule has 0 spiro atoms. The lowest BCUT2D eigenvalue weighted by Gasteiger charge is -2.05. The lowest BCUT2D eigenvalue weighted by atomic mass is 10.1. The molecule has 4 rings (SSSR count). The molecule has 0 amide bonds. The number of anilines is 1. The molecule has 0 unspecified atom stereocenters. The minimum Gasteiger partial charge on any atom is -0.497 e. The molecule has 5 heteroatoms. The first kappa shape index (κ1) is 14.5. The second kappa shape index (κ2) is 6.16. The van der Waals surface area contributed by atoms with Gasteiger partial charge in [0.25, 0.3) is 0 Å². The van der Waals surface area contributed by atoms with Gasteiger partial charge in [-0.25, -0.2) is 9.97 Å². The van der Waals surface area contributed by atoms with Gasteiger partial charge >= 0.3 is 0 Å². The van der Waals surface area contributed by atoms with Crippen LogP contribution in [0.15, 0.2) is 36.0 Å². The van der Waals surface area contributed by atoms with Crippen LogP contribution in [0.1, 0.15) is 24.0 Å². The number of fused-ring (bicyclic) bond motifs is 1. The SMILES string of the molecule is COc1ccc(CCc2csc3c(NC4CC4)ncnc23)cc1. The van der Waals surface area contributed by atoms with E-state index in [2.05, 4.69) is 32.8 Å². The molecule has 0 radical (unpaired) electrons. The summed E-state index contributed by atoms with van der Waals surface area (Å²) in [6.45, 7) is 0. The molecule has 0 bridgehead atoms. The van der Waals surface area contributed by atoms with Crippen molar-refractivity contribution in [3.8, 4) is 5.75 Å². The molecule has 1 aliphatic carbocycles. The third kappa shape index (κ3) is 3.15. The fourth-order valence-corrected chi connectivity index (χ4v) is 3.68. The Labute approximate surface area is 139 Å². The van der Waals surface area contributed by atoms with Gasteiger partial charge in [0.05, 0.1) is 17.3 Å². The number of methoxy groups -OCH3 is 1. The van der Waals surface area contributed by atoms with Crippen molar-refractivity contribution in [1.29, 1.82) is 0 Å². The first-order chi connectivity index (χ1) is 11.3. The molecule has 1 aromatic carbocycles. The second-order valence-corrected chi connectivity index (χ2v) is 6.81. The van der Waals surface area contributed by atoms with E-state index >= 15 is 0 Å². The molecular formula is C18H19N3OS. The fraction of sp³-hybridized carbons (Fsp3) is 0.333. The number of thiophene rings is 1. The average molecular weight is 325 g/mol. The Morgan fingerprint density at radius 3 is 2.74 bits per heavy atom. The summed E-state index contributed by atoms with van der Waals surface area (Å²) in [7, 11) is 1.69. The Balaban J connectivity index is 1.52. The van der Waals surface area contributed by atoms with Gasteiger partial charge in [-0.1, -0.05) is 12.1 Å². The van der Waals surface area contributed by atoms with Crippen LogP contribution in [-0.2, 0) is 12.8 Å². The first-order valence-electron chi connectivity index (χ1n) is 7.94. The van der Waals surface area contributed by atoms with Crippen LogP contribution in [0.3, 0.4) is 0 Å². The summed E-state index contributed by atoms with van der Waals surface area (Å²) < 4.78 is 6.39. The Morgan fingerprint density at radius 1 is 1.17 bits per heavy atom. The van der Waals surface area contributed by atoms with Crippen LogP contribution < -0.4 is 10.1 Å². The third-order valence-electron chi connectivity index (χ3n) is 4.19. The highest BCUT2D eigenvalue weighted by atomic mass is 32.1. The van der Waals surface area contributed by atoms with Crippen molar-refractivity contribution in [2.24, 2.45) is 0 Å². The van der Waals surface area contributed by atoms with Crippen molar-refractivity contribution in [2.45, 2.75) is 31.7 Å². The summed E-state index contributed by atoms with van der Waals surface area (Å²) in [6, 6.07) is 8.89. The highest BCUT2D eigenvalue weighted by molar-refractivity contribution is 7.18. The molecule has 2 aromatic heterocycles. The highest BCUT2D eigenvalue weighted by Crippen LogP contribution is 2.33. The number of hydrogen-bond donors (Lipinski definition) is 1. The van der Waals surface area contributed by atoms with Crippen molar-refractivity contribution >= 4 is 27.4 Å². The van der Waals surface area contributed by atoms with Gasteiger partial charge in [-0.15, -0.1) is 11.3 Å². The number of aryl methyl sites for hydroxylation is 2. The molecule has 1 saturated carbocycles. The zero-order valence-corrected chi connectivity index (χ0v) is 13.9. The quantitative estimate of drug-likeness (QED) is 0.742. The molecule has 0 atom stereocenters. The van der Waals surface area contributed by atoms with Crippen molar-refractivity contribution < 1.29 is 4.74 Å². The summed E-state index contributed by atoms with van der Waals surface area (Å²) in [5.74, 6) is 1.90. The van der Waals surface area contributed by atoms with Crippen molar-refractivity contribution in [2.75, 3.05) is 12.4 Å². The van der Waals surface area contributed by atoms with E-state index in [1.54, 1.807) is 24.8 Å². The number of hydrogen-bond acceptors (Lipinski definition) is 5. The Kier molecular flexibility index (Phi) is 3.87. The maximum atomic E-state index is 5.20. The molecular weight excluding hydrogens is 306 g/mol. The highest BCUT2D eigenvalue weighted by Gasteiger charge is 2.23. The Bertz CT molecular complexity index is 809. The van der Waals surface area contributed by atoms with Crippen LogP contribution >= 0.6 is 11.3 Å². The van der Waals surface area contributed by atoms with E-state index in [-0.39, 0.29) is 0 Å². The molecule has 23 heavy (non-hydrogen) atoms. The summed E-state index contributed by atoms with van der Waals surface area (Å²) in [6.07, 6.45) is 6.18. The summed E-state index contributed by atoms with van der Waals surface area (Å²) in [4.78, 5) is 8.92. The monoisotopic (exact) mass is 325 g/mol. The Hall–Kier alpha value is -2.14. The van der Waals surface area contributed by atoms with E-state index in [0.29, 0.717) is 6.04 Å². The maximum absolute atomic E-state index is 5.20. The minimum atomic E-state index is 0.609. The number of nitrogens with one attached hydrogen (secondary N) is 1. The molecule has 1 N–H and O–H groups in total. The molecule has 2 heterocycles. The van der Waals surface area contributed by atoms with Crippen molar-refractivity contribution in [1.82, 2.24) is 9.97 Å². The van der Waals surface area contributed by atoms with Crippen LogP contribution in [0.4, 0.5) is 5.82 Å². The summed E-state index contributed by atoms with van der Waals surface area (Å²) >= 11 is 1.74. The fourth-order valence-electron chi connectivity index (χ4n) is 2.67. The van der Waals surface area contributed by atoms with Crippen molar-refractivity contribution in [3.63, 3.8) is 0 Å². The van der Waals surface area contributed by atoms with E-state index in [1.807, 2.05) is 12.1 Å². The predicted octanol–water partition coefficient (Wildman–Crippen LogP) is 4.06. The molecule has 0 saturated heterocycles. The zero-order valence-electron chi connectivity index (χ0n) is 13.1. The number of aromatic nitrogens is 2. The van der Waals surface area contributed by atoms with Gasteiger partial charge in [-0.05, 0) is 54.3 Å². The first-order valence-corrected chi connectivity index (χ1v) is 8.82. The largest absolute Gasteiger partial charge is 0.497 e. The molecule has 4 nitrogen and oxygen atoms in total. The van der Waals surface area contributed by atoms with E-state index in [0.717, 1.165) is 29.9 Å². The standard InChI is InChI=1S/C18H19N3OS/c1-22-15-8-3-12(4-9-15)2-5-13-10-23-17-16(13)19-11-20-18(17)21-14-6-7-14/h3-4,8-11,14H,2,5-7H2,1H3,(H,19,20,21). The van der Waals surface area contributed by atoms with Gasteiger partial charge in [-0.3, -0.25) is 0 Å². The topological polar surface area (TPSA) is 47.0 Å². The van der Waals surface area contributed by atoms with Gasteiger partial charge < -0.3 is 10.1 Å². The third-order valence-corrected chi connectivity index (χ3v) is 5.21. The van der Waals surface area contributed by atoms with Crippen LogP contribution in [0.5, 0.6) is 5.75 Å². The van der Waals surface area contributed by atoms with E-state index in [9.17, 15) is 0 Å². The van der Waals surface area contributed by atoms with Gasteiger partial charge in [0.15, 0.2) is 0 Å². The zero-order chi connectivity index (χ0) is 15.6. The number of ether oxygens (including phenoxy) is 1. The predicted molar refractivity (Wildman–Crippen MR) is 94.5 cm³/mol. The smallest absolute Gasteiger partial charge is 0.147 e. The maximum Gasteiger partial charge on any atom is 0.147 e. The van der Waals surface area contributed by atoms with Gasteiger partial charge in [-0.2, -0.15) is 0 Å². The van der Waals surface area contributed by atoms with E-state index in [4.69, 9.17) is 4.74 Å². The van der Waals surface area contributed by atoms with Gasteiger partial charge in [0, 0.05) is 6.04 Å². The Morgan fingerprint density at radius 2 is 2.00 bits per heavy atom. The molecule has 1 aliphatic rings. The molecule has 0 aliphatic heterocycles. The molecule has 118 valence electrons. The van der Waals surface area contributed by atoms with Crippen LogP contribution in [-0.4, -0.2) is 23.1 Å². The van der Waals surface area contributed by atoms with Gasteiger partial charge in [0.1, 0.15) is 17.9 Å². The van der Waals surface area contributed by atoms with Crippen molar-refractivity contribution in [3.05, 3.63) is 47.1 Å². The number of benzene rings is 1. The lowest BCUT2D eigenvalue weighted by molar-refractivity contribution is 0.414. The normalized spacial score (nSPS) is 14.1. The summed E-state index contributed by atoms with van der Waals surface area (Å²) in [5.41, 5.74) is 3.72. The number of nitrogens with zero attached hydrogens (tertiary/aromatic N) is 2.